The summed E-state index contributed by atoms with van der Waals surface area (Å²) in [7, 11) is -3.55. The van der Waals surface area contributed by atoms with E-state index in [2.05, 4.69) is 22.0 Å². The van der Waals surface area contributed by atoms with Gasteiger partial charge in [-0.3, -0.25) is 0 Å². The monoisotopic (exact) mass is 309 g/mol. The van der Waals surface area contributed by atoms with E-state index in [-0.39, 0.29) is 11.5 Å². The molecule has 0 atom stereocenters. The number of unbranched alkanes of at least 4 members (excludes halogenated alkanes) is 1. The van der Waals surface area contributed by atoms with E-state index in [1.165, 1.54) is 0 Å². The number of hydrogen-bond acceptors (Lipinski definition) is 3. The van der Waals surface area contributed by atoms with Crippen LogP contribution >= 0.6 is 0 Å². The normalized spacial score (nSPS) is 18.8. The Bertz CT molecular complexity index is 658. The Labute approximate surface area is 126 Å². The number of nitrogens with one attached hydrogen (secondary N) is 2. The second-order valence-electron chi connectivity index (χ2n) is 6.30. The quantitative estimate of drug-likeness (QED) is 0.902. The third kappa shape index (κ3) is 3.97. The van der Waals surface area contributed by atoms with Crippen LogP contribution in [-0.2, 0) is 16.4 Å². The summed E-state index contributed by atoms with van der Waals surface area (Å²) in [5.41, 5.74) is 1.26. The van der Waals surface area contributed by atoms with Gasteiger partial charge in [-0.2, -0.15) is 0 Å². The second-order valence-corrected chi connectivity index (χ2v) is 7.95. The molecule has 0 fully saturated rings. The fourth-order valence-corrected chi connectivity index (χ4v) is 3.33. The molecule has 0 spiro atoms. The molecule has 0 aromatic heterocycles. The van der Waals surface area contributed by atoms with E-state index in [9.17, 15) is 8.42 Å². The molecule has 0 saturated carbocycles. The summed E-state index contributed by atoms with van der Waals surface area (Å²) in [6.45, 7) is 7.87. The number of hydrogen-bond donors (Lipinski definition) is 2. The van der Waals surface area contributed by atoms with Crippen molar-refractivity contribution in [1.29, 1.82) is 0 Å². The zero-order chi connectivity index (χ0) is 15.7. The van der Waals surface area contributed by atoms with E-state index in [0.717, 1.165) is 24.8 Å². The van der Waals surface area contributed by atoms with Gasteiger partial charge in [0.2, 0.25) is 5.96 Å². The van der Waals surface area contributed by atoms with Gasteiger partial charge in [0.1, 0.15) is 4.90 Å². The lowest BCUT2D eigenvalue weighted by Gasteiger charge is -2.24. The SMILES string of the molecule is CCCCc1ccc2c(c1)S(=O)(=O)NC(=NC(C)(C)C)N2. The Morgan fingerprint density at radius 2 is 1.95 bits per heavy atom. The van der Waals surface area contributed by atoms with Crippen molar-refractivity contribution >= 4 is 21.7 Å². The number of anilines is 1. The minimum absolute atomic E-state index is 0.274. The van der Waals surface area contributed by atoms with Crippen LogP contribution in [0.3, 0.4) is 0 Å². The van der Waals surface area contributed by atoms with Crippen molar-refractivity contribution in [2.24, 2.45) is 4.99 Å². The third-order valence-electron chi connectivity index (χ3n) is 3.09. The predicted molar refractivity (Wildman–Crippen MR) is 86.2 cm³/mol. The number of sulfonamides is 1. The van der Waals surface area contributed by atoms with Crippen LogP contribution in [0, 0.1) is 0 Å². The summed E-state index contributed by atoms with van der Waals surface area (Å²) < 4.78 is 27.2. The van der Waals surface area contributed by atoms with Gasteiger partial charge in [0.15, 0.2) is 0 Å². The number of guanidine groups is 1. The molecular formula is C15H23N3O2S. The zero-order valence-electron chi connectivity index (χ0n) is 13.0. The van der Waals surface area contributed by atoms with Gasteiger partial charge in [-0.1, -0.05) is 19.4 Å². The molecule has 0 bridgehead atoms. The number of aliphatic imine (C=N–C) groups is 1. The van der Waals surface area contributed by atoms with E-state index >= 15 is 0 Å². The first-order valence-corrected chi connectivity index (χ1v) is 8.72. The minimum atomic E-state index is -3.55. The number of rotatable bonds is 3. The van der Waals surface area contributed by atoms with Crippen molar-refractivity contribution in [3.63, 3.8) is 0 Å². The van der Waals surface area contributed by atoms with Gasteiger partial charge in [-0.05, 0) is 51.3 Å². The maximum Gasteiger partial charge on any atom is 0.266 e. The zero-order valence-corrected chi connectivity index (χ0v) is 13.8. The van der Waals surface area contributed by atoms with Gasteiger partial charge < -0.3 is 5.32 Å². The Hall–Kier alpha value is -1.56. The van der Waals surface area contributed by atoms with Crippen molar-refractivity contribution < 1.29 is 8.42 Å². The highest BCUT2D eigenvalue weighted by atomic mass is 32.2. The first-order chi connectivity index (χ1) is 9.71. The molecule has 1 aliphatic rings. The summed E-state index contributed by atoms with van der Waals surface area (Å²) in [5.74, 6) is 0.274. The van der Waals surface area contributed by atoms with Crippen LogP contribution in [0.1, 0.15) is 46.1 Å². The van der Waals surface area contributed by atoms with Gasteiger partial charge >= 0.3 is 0 Å². The molecule has 116 valence electrons. The number of benzene rings is 1. The Morgan fingerprint density at radius 1 is 1.24 bits per heavy atom. The Kier molecular flexibility index (Phi) is 4.27. The van der Waals surface area contributed by atoms with E-state index in [4.69, 9.17) is 0 Å². The van der Waals surface area contributed by atoms with Crippen molar-refractivity contribution in [2.45, 2.75) is 57.4 Å². The molecule has 2 N–H and O–H groups in total. The molecule has 0 saturated heterocycles. The summed E-state index contributed by atoms with van der Waals surface area (Å²) in [6.07, 6.45) is 3.03. The maximum absolute atomic E-state index is 12.4. The van der Waals surface area contributed by atoms with Gasteiger partial charge in [-0.25, -0.2) is 18.1 Å². The average molecular weight is 309 g/mol. The van der Waals surface area contributed by atoms with Gasteiger partial charge in [0, 0.05) is 0 Å². The van der Waals surface area contributed by atoms with Crippen LogP contribution < -0.4 is 10.0 Å². The van der Waals surface area contributed by atoms with E-state index in [1.807, 2.05) is 32.9 Å². The van der Waals surface area contributed by atoms with Crippen LogP contribution in [0.25, 0.3) is 0 Å². The molecule has 0 radical (unpaired) electrons. The van der Waals surface area contributed by atoms with Crippen LogP contribution in [0.2, 0.25) is 0 Å². The molecule has 1 aromatic carbocycles. The number of fused-ring (bicyclic) bond motifs is 1. The summed E-state index contributed by atoms with van der Waals surface area (Å²) in [4.78, 5) is 4.65. The average Bonchev–Trinajstić information content (AvgIpc) is 2.34. The first kappa shape index (κ1) is 15.8. The fraction of sp³-hybridized carbons (Fsp3) is 0.533. The largest absolute Gasteiger partial charge is 0.324 e. The highest BCUT2D eigenvalue weighted by Gasteiger charge is 2.27. The Morgan fingerprint density at radius 3 is 2.57 bits per heavy atom. The summed E-state index contributed by atoms with van der Waals surface area (Å²) in [6, 6.07) is 5.53. The van der Waals surface area contributed by atoms with E-state index < -0.39 is 10.0 Å². The molecule has 1 aromatic rings. The lowest BCUT2D eigenvalue weighted by molar-refractivity contribution is 0.576. The smallest absolute Gasteiger partial charge is 0.266 e. The third-order valence-corrected chi connectivity index (χ3v) is 4.46. The topological polar surface area (TPSA) is 70.6 Å². The van der Waals surface area contributed by atoms with E-state index in [0.29, 0.717) is 10.6 Å². The van der Waals surface area contributed by atoms with E-state index in [1.54, 1.807) is 6.07 Å². The summed E-state index contributed by atoms with van der Waals surface area (Å²) in [5, 5.41) is 3.05. The van der Waals surface area contributed by atoms with Crippen LogP contribution in [0.5, 0.6) is 0 Å². The standard InChI is InChI=1S/C15H23N3O2S/c1-5-6-7-11-8-9-12-13(10-11)21(19,20)18-14(16-12)17-15(2,3)4/h8-10H,5-7H2,1-4H3,(H2,16,17,18). The van der Waals surface area contributed by atoms with Crippen molar-refractivity contribution in [1.82, 2.24) is 4.72 Å². The summed E-state index contributed by atoms with van der Waals surface area (Å²) >= 11 is 0. The molecule has 0 amide bonds. The van der Waals surface area contributed by atoms with Gasteiger partial charge in [-0.15, -0.1) is 0 Å². The lowest BCUT2D eigenvalue weighted by Crippen LogP contribution is -2.42. The highest BCUT2D eigenvalue weighted by Crippen LogP contribution is 2.27. The van der Waals surface area contributed by atoms with Crippen LogP contribution in [-0.4, -0.2) is 19.9 Å². The van der Waals surface area contributed by atoms with Crippen molar-refractivity contribution in [2.75, 3.05) is 5.32 Å². The highest BCUT2D eigenvalue weighted by molar-refractivity contribution is 7.90. The maximum atomic E-state index is 12.4. The van der Waals surface area contributed by atoms with Gasteiger partial charge in [0.05, 0.1) is 11.2 Å². The number of aryl methyl sites for hydroxylation is 1. The van der Waals surface area contributed by atoms with Gasteiger partial charge in [0.25, 0.3) is 10.0 Å². The molecular weight excluding hydrogens is 286 g/mol. The second kappa shape index (κ2) is 5.67. The first-order valence-electron chi connectivity index (χ1n) is 7.24. The Balaban J connectivity index is 2.38. The molecule has 5 nitrogen and oxygen atoms in total. The van der Waals surface area contributed by atoms with Crippen LogP contribution in [0.15, 0.2) is 28.1 Å². The van der Waals surface area contributed by atoms with Crippen molar-refractivity contribution in [3.8, 4) is 0 Å². The fourth-order valence-electron chi connectivity index (χ4n) is 2.15. The predicted octanol–water partition coefficient (Wildman–Crippen LogP) is 2.89. The van der Waals surface area contributed by atoms with Crippen LogP contribution in [0.4, 0.5) is 5.69 Å². The molecule has 2 rings (SSSR count). The molecule has 6 heteroatoms. The molecule has 1 aliphatic heterocycles. The lowest BCUT2D eigenvalue weighted by atomic mass is 10.1. The molecule has 0 unspecified atom stereocenters. The minimum Gasteiger partial charge on any atom is -0.324 e. The van der Waals surface area contributed by atoms with Crippen molar-refractivity contribution in [3.05, 3.63) is 23.8 Å². The molecule has 0 aliphatic carbocycles. The molecule has 21 heavy (non-hydrogen) atoms. The number of nitrogens with zero attached hydrogens (tertiary/aromatic N) is 1. The molecule has 1 heterocycles.